The molecule has 6 nitrogen and oxygen atoms in total. The van der Waals surface area contributed by atoms with Crippen LogP contribution in [0.5, 0.6) is 0 Å². The standard InChI is InChI=1S/C8H13NO5/c1-6(2)7(10)13-4-5-14-8(11)9-12-3/h1,4-5H2,2-3H3,(H,9,11). The molecule has 0 aromatic carbocycles. The van der Waals surface area contributed by atoms with Gasteiger partial charge >= 0.3 is 12.1 Å². The number of amides is 1. The van der Waals surface area contributed by atoms with Gasteiger partial charge in [0, 0.05) is 5.57 Å². The van der Waals surface area contributed by atoms with Crippen molar-refractivity contribution in [2.24, 2.45) is 0 Å². The van der Waals surface area contributed by atoms with Gasteiger partial charge in [0.2, 0.25) is 0 Å². The van der Waals surface area contributed by atoms with Crippen LogP contribution >= 0.6 is 0 Å². The summed E-state index contributed by atoms with van der Waals surface area (Å²) < 4.78 is 9.18. The maximum Gasteiger partial charge on any atom is 0.431 e. The van der Waals surface area contributed by atoms with Gasteiger partial charge in [-0.2, -0.15) is 5.48 Å². The molecule has 0 spiro atoms. The van der Waals surface area contributed by atoms with Crippen LogP contribution in [0.1, 0.15) is 6.92 Å². The zero-order valence-electron chi connectivity index (χ0n) is 8.16. The summed E-state index contributed by atoms with van der Waals surface area (Å²) in [4.78, 5) is 25.7. The van der Waals surface area contributed by atoms with E-state index in [0.717, 1.165) is 0 Å². The van der Waals surface area contributed by atoms with Gasteiger partial charge < -0.3 is 9.47 Å². The third-order valence-electron chi connectivity index (χ3n) is 1.08. The highest BCUT2D eigenvalue weighted by molar-refractivity contribution is 5.86. The van der Waals surface area contributed by atoms with E-state index in [2.05, 4.69) is 20.9 Å². The Kier molecular flexibility index (Phi) is 6.13. The van der Waals surface area contributed by atoms with Crippen LogP contribution in [0.2, 0.25) is 0 Å². The molecule has 0 saturated heterocycles. The predicted octanol–water partition coefficient (Wildman–Crippen LogP) is 0.393. The Morgan fingerprint density at radius 3 is 2.36 bits per heavy atom. The van der Waals surface area contributed by atoms with Crippen LogP contribution in [0.4, 0.5) is 4.79 Å². The fraction of sp³-hybridized carbons (Fsp3) is 0.500. The second-order valence-corrected chi connectivity index (χ2v) is 2.36. The zero-order valence-corrected chi connectivity index (χ0v) is 8.16. The lowest BCUT2D eigenvalue weighted by molar-refractivity contribution is -0.140. The lowest BCUT2D eigenvalue weighted by Crippen LogP contribution is -2.24. The average Bonchev–Trinajstić information content (AvgIpc) is 2.12. The SMILES string of the molecule is C=C(C)C(=O)OCCOC(=O)NOC. The molecule has 0 radical (unpaired) electrons. The van der Waals surface area contributed by atoms with Crippen molar-refractivity contribution in [1.29, 1.82) is 0 Å². The number of carbonyl (C=O) groups is 2. The van der Waals surface area contributed by atoms with Crippen LogP contribution in [0.15, 0.2) is 12.2 Å². The summed E-state index contributed by atoms with van der Waals surface area (Å²) in [5.41, 5.74) is 2.23. The molecule has 0 bridgehead atoms. The van der Waals surface area contributed by atoms with E-state index >= 15 is 0 Å². The van der Waals surface area contributed by atoms with Crippen LogP contribution in [-0.4, -0.2) is 32.4 Å². The first kappa shape index (κ1) is 12.4. The van der Waals surface area contributed by atoms with Crippen molar-refractivity contribution in [2.45, 2.75) is 6.92 Å². The number of carbonyl (C=O) groups excluding carboxylic acids is 2. The second-order valence-electron chi connectivity index (χ2n) is 2.36. The molecule has 14 heavy (non-hydrogen) atoms. The first-order valence-electron chi connectivity index (χ1n) is 3.86. The molecular formula is C8H13NO5. The summed E-state index contributed by atoms with van der Waals surface area (Å²) >= 11 is 0. The van der Waals surface area contributed by atoms with E-state index in [1.54, 1.807) is 0 Å². The Morgan fingerprint density at radius 1 is 1.29 bits per heavy atom. The Hall–Kier alpha value is -1.56. The minimum atomic E-state index is -0.737. The number of hydrogen-bond acceptors (Lipinski definition) is 5. The molecule has 0 aliphatic rings. The van der Waals surface area contributed by atoms with Crippen molar-refractivity contribution in [3.8, 4) is 0 Å². The smallest absolute Gasteiger partial charge is 0.431 e. The fourth-order valence-electron chi connectivity index (χ4n) is 0.505. The minimum Gasteiger partial charge on any atom is -0.459 e. The summed E-state index contributed by atoms with van der Waals surface area (Å²) in [7, 11) is 1.28. The van der Waals surface area contributed by atoms with Crippen molar-refractivity contribution < 1.29 is 23.9 Å². The second kappa shape index (κ2) is 6.90. The molecule has 0 fully saturated rings. The van der Waals surface area contributed by atoms with Gasteiger partial charge in [0.1, 0.15) is 13.2 Å². The lowest BCUT2D eigenvalue weighted by atomic mass is 10.4. The Morgan fingerprint density at radius 2 is 1.86 bits per heavy atom. The molecule has 0 aromatic rings. The van der Waals surface area contributed by atoms with Gasteiger partial charge in [-0.25, -0.2) is 9.59 Å². The van der Waals surface area contributed by atoms with Crippen LogP contribution < -0.4 is 5.48 Å². The van der Waals surface area contributed by atoms with Gasteiger partial charge in [-0.1, -0.05) is 6.58 Å². The number of hydrogen-bond donors (Lipinski definition) is 1. The highest BCUT2D eigenvalue weighted by atomic mass is 16.7. The summed E-state index contributed by atoms with van der Waals surface area (Å²) in [6, 6.07) is 0. The van der Waals surface area contributed by atoms with E-state index in [4.69, 9.17) is 0 Å². The minimum absolute atomic E-state index is 0.0111. The van der Waals surface area contributed by atoms with Gasteiger partial charge in [0.25, 0.3) is 0 Å². The molecule has 0 unspecified atom stereocenters. The summed E-state index contributed by atoms with van der Waals surface area (Å²) in [5.74, 6) is -0.513. The maximum absolute atomic E-state index is 10.8. The highest BCUT2D eigenvalue weighted by Crippen LogP contribution is 1.91. The Balaban J connectivity index is 3.42. The van der Waals surface area contributed by atoms with Gasteiger partial charge in [0.05, 0.1) is 7.11 Å². The van der Waals surface area contributed by atoms with E-state index in [-0.39, 0.29) is 13.2 Å². The normalized spacial score (nSPS) is 9.00. The van der Waals surface area contributed by atoms with Crippen molar-refractivity contribution in [3.05, 3.63) is 12.2 Å². The molecule has 80 valence electrons. The van der Waals surface area contributed by atoms with Crippen molar-refractivity contribution in [2.75, 3.05) is 20.3 Å². The topological polar surface area (TPSA) is 73.9 Å². The van der Waals surface area contributed by atoms with E-state index in [9.17, 15) is 9.59 Å². The van der Waals surface area contributed by atoms with Gasteiger partial charge in [-0.05, 0) is 6.92 Å². The maximum atomic E-state index is 10.8. The van der Waals surface area contributed by atoms with Crippen LogP contribution in [0.25, 0.3) is 0 Å². The van der Waals surface area contributed by atoms with Crippen LogP contribution in [-0.2, 0) is 19.1 Å². The van der Waals surface area contributed by atoms with Crippen molar-refractivity contribution >= 4 is 12.1 Å². The van der Waals surface area contributed by atoms with E-state index < -0.39 is 12.1 Å². The van der Waals surface area contributed by atoms with E-state index in [1.807, 2.05) is 5.48 Å². The Labute approximate surface area is 81.8 Å². The highest BCUT2D eigenvalue weighted by Gasteiger charge is 2.04. The number of hydroxylamine groups is 1. The number of ether oxygens (including phenoxy) is 2. The first-order chi connectivity index (χ1) is 6.57. The molecule has 6 heteroatoms. The molecule has 0 atom stereocenters. The monoisotopic (exact) mass is 203 g/mol. The third kappa shape index (κ3) is 6.01. The largest absolute Gasteiger partial charge is 0.459 e. The van der Waals surface area contributed by atoms with Gasteiger partial charge in [-0.3, -0.25) is 4.84 Å². The summed E-state index contributed by atoms with van der Waals surface area (Å²) in [5, 5.41) is 0. The van der Waals surface area contributed by atoms with Crippen molar-refractivity contribution in [1.82, 2.24) is 5.48 Å². The van der Waals surface area contributed by atoms with Crippen LogP contribution in [0.3, 0.4) is 0 Å². The molecule has 1 amide bonds. The fourth-order valence-corrected chi connectivity index (χ4v) is 0.505. The zero-order chi connectivity index (χ0) is 11.0. The van der Waals surface area contributed by atoms with E-state index in [0.29, 0.717) is 5.57 Å². The van der Waals surface area contributed by atoms with Crippen molar-refractivity contribution in [3.63, 3.8) is 0 Å². The molecule has 0 saturated carbocycles. The van der Waals surface area contributed by atoms with Gasteiger partial charge in [0.15, 0.2) is 0 Å². The number of nitrogens with one attached hydrogen (secondary N) is 1. The molecule has 0 aliphatic carbocycles. The predicted molar refractivity (Wildman–Crippen MR) is 47.3 cm³/mol. The molecule has 0 heterocycles. The Bertz CT molecular complexity index is 226. The summed E-state index contributed by atoms with van der Waals surface area (Å²) in [6.45, 7) is 4.87. The lowest BCUT2D eigenvalue weighted by Gasteiger charge is -2.05. The quantitative estimate of drug-likeness (QED) is 0.303. The number of esters is 1. The van der Waals surface area contributed by atoms with Gasteiger partial charge in [-0.15, -0.1) is 0 Å². The summed E-state index contributed by atoms with van der Waals surface area (Å²) in [6.07, 6.45) is -0.737. The van der Waals surface area contributed by atoms with Crippen LogP contribution in [0, 0.1) is 0 Å². The van der Waals surface area contributed by atoms with E-state index in [1.165, 1.54) is 14.0 Å². The number of rotatable bonds is 5. The average molecular weight is 203 g/mol. The molecule has 0 aliphatic heterocycles. The molecule has 1 N–H and O–H groups in total. The molecular weight excluding hydrogens is 190 g/mol. The third-order valence-corrected chi connectivity index (χ3v) is 1.08. The first-order valence-corrected chi connectivity index (χ1v) is 3.86. The molecule has 0 aromatic heterocycles. The molecule has 0 rings (SSSR count).